The van der Waals surface area contributed by atoms with E-state index in [9.17, 15) is 4.79 Å². The fourth-order valence-corrected chi connectivity index (χ4v) is 3.56. The van der Waals surface area contributed by atoms with E-state index < -0.39 is 0 Å². The standard InChI is InChI=1S/C20H31N5O/c1-14(2)11-22-20(26)24-9-7-16(13-24)10-18-23-17-6-5-8-21-19(17)25(18)12-15(3)4/h5-6,8,14-16H,7,9-13H2,1-4H3,(H,22,26)/t16-/m1/s1. The van der Waals surface area contributed by atoms with Crippen LogP contribution in [0, 0.1) is 17.8 Å². The first-order valence-electron chi connectivity index (χ1n) is 9.77. The first kappa shape index (κ1) is 18.7. The third kappa shape index (κ3) is 4.34. The molecule has 6 nitrogen and oxygen atoms in total. The molecule has 142 valence electrons. The smallest absolute Gasteiger partial charge is 0.317 e. The molecule has 2 aromatic heterocycles. The minimum atomic E-state index is 0.0681. The number of hydrogen-bond acceptors (Lipinski definition) is 3. The molecule has 1 aliphatic rings. The van der Waals surface area contributed by atoms with Crippen molar-refractivity contribution in [2.24, 2.45) is 17.8 Å². The number of urea groups is 1. The predicted molar refractivity (Wildman–Crippen MR) is 104 cm³/mol. The lowest BCUT2D eigenvalue weighted by atomic mass is 10.0. The number of fused-ring (bicyclic) bond motifs is 1. The van der Waals surface area contributed by atoms with Gasteiger partial charge in [-0.1, -0.05) is 27.7 Å². The van der Waals surface area contributed by atoms with Crippen molar-refractivity contribution in [1.82, 2.24) is 24.8 Å². The minimum Gasteiger partial charge on any atom is -0.338 e. The van der Waals surface area contributed by atoms with Crippen LogP contribution in [0.5, 0.6) is 0 Å². The summed E-state index contributed by atoms with van der Waals surface area (Å²) in [5.74, 6) is 2.57. The van der Waals surface area contributed by atoms with Crippen molar-refractivity contribution in [2.45, 2.75) is 47.1 Å². The van der Waals surface area contributed by atoms with Gasteiger partial charge in [0, 0.05) is 38.8 Å². The Hall–Kier alpha value is -2.11. The fraction of sp³-hybridized carbons (Fsp3) is 0.650. The molecule has 3 rings (SSSR count). The molecule has 1 fully saturated rings. The molecule has 1 saturated heterocycles. The van der Waals surface area contributed by atoms with Gasteiger partial charge < -0.3 is 14.8 Å². The van der Waals surface area contributed by atoms with E-state index >= 15 is 0 Å². The van der Waals surface area contributed by atoms with E-state index in [-0.39, 0.29) is 6.03 Å². The highest BCUT2D eigenvalue weighted by molar-refractivity contribution is 5.74. The highest BCUT2D eigenvalue weighted by Gasteiger charge is 2.28. The van der Waals surface area contributed by atoms with Crippen molar-refractivity contribution in [3.05, 3.63) is 24.2 Å². The van der Waals surface area contributed by atoms with E-state index in [4.69, 9.17) is 4.98 Å². The Morgan fingerprint density at radius 2 is 2.12 bits per heavy atom. The van der Waals surface area contributed by atoms with E-state index in [1.807, 2.05) is 23.2 Å². The van der Waals surface area contributed by atoms with E-state index in [0.717, 1.165) is 56.0 Å². The summed E-state index contributed by atoms with van der Waals surface area (Å²) in [6, 6.07) is 4.04. The average molecular weight is 358 g/mol. The molecule has 0 spiro atoms. The largest absolute Gasteiger partial charge is 0.338 e. The van der Waals surface area contributed by atoms with Crippen molar-refractivity contribution in [2.75, 3.05) is 19.6 Å². The van der Waals surface area contributed by atoms with Gasteiger partial charge in [0.1, 0.15) is 11.3 Å². The Labute approximate surface area is 156 Å². The summed E-state index contributed by atoms with van der Waals surface area (Å²) < 4.78 is 2.27. The normalized spacial score (nSPS) is 17.6. The van der Waals surface area contributed by atoms with Crippen LogP contribution in [0.1, 0.15) is 39.9 Å². The number of carbonyl (C=O) groups excluding carboxylic acids is 1. The number of carbonyl (C=O) groups is 1. The number of rotatable bonds is 6. The topological polar surface area (TPSA) is 63.1 Å². The molecule has 26 heavy (non-hydrogen) atoms. The fourth-order valence-electron chi connectivity index (χ4n) is 3.56. The molecule has 0 aromatic carbocycles. The number of nitrogens with zero attached hydrogens (tertiary/aromatic N) is 4. The zero-order valence-corrected chi connectivity index (χ0v) is 16.4. The average Bonchev–Trinajstić information content (AvgIpc) is 3.18. The summed E-state index contributed by atoms with van der Waals surface area (Å²) >= 11 is 0. The number of nitrogens with one attached hydrogen (secondary N) is 1. The number of likely N-dealkylation sites (tertiary alicyclic amines) is 1. The van der Waals surface area contributed by atoms with Gasteiger partial charge in [0.15, 0.2) is 5.65 Å². The van der Waals surface area contributed by atoms with Gasteiger partial charge in [0.05, 0.1) is 0 Å². The molecule has 0 unspecified atom stereocenters. The van der Waals surface area contributed by atoms with Crippen LogP contribution >= 0.6 is 0 Å². The monoisotopic (exact) mass is 357 g/mol. The molecular formula is C20H31N5O. The summed E-state index contributed by atoms with van der Waals surface area (Å²) in [7, 11) is 0. The van der Waals surface area contributed by atoms with Gasteiger partial charge in [-0.2, -0.15) is 0 Å². The summed E-state index contributed by atoms with van der Waals surface area (Å²) in [6.07, 6.45) is 3.77. The molecule has 6 heteroatoms. The molecule has 1 aliphatic heterocycles. The van der Waals surface area contributed by atoms with Crippen LogP contribution in [0.4, 0.5) is 4.79 Å². The zero-order chi connectivity index (χ0) is 18.7. The minimum absolute atomic E-state index is 0.0681. The van der Waals surface area contributed by atoms with E-state index in [1.54, 1.807) is 0 Å². The Morgan fingerprint density at radius 3 is 2.85 bits per heavy atom. The van der Waals surface area contributed by atoms with Crippen molar-refractivity contribution in [3.8, 4) is 0 Å². The molecule has 3 heterocycles. The Kier molecular flexibility index (Phi) is 5.79. The maximum Gasteiger partial charge on any atom is 0.317 e. The molecule has 1 atom stereocenters. The second-order valence-electron chi connectivity index (χ2n) is 8.26. The van der Waals surface area contributed by atoms with E-state index in [0.29, 0.717) is 17.8 Å². The second-order valence-corrected chi connectivity index (χ2v) is 8.26. The lowest BCUT2D eigenvalue weighted by molar-refractivity contribution is 0.205. The maximum atomic E-state index is 12.3. The first-order chi connectivity index (χ1) is 12.4. The van der Waals surface area contributed by atoms with Crippen molar-refractivity contribution < 1.29 is 4.79 Å². The number of aromatic nitrogens is 3. The summed E-state index contributed by atoms with van der Waals surface area (Å²) in [4.78, 5) is 23.6. The van der Waals surface area contributed by atoms with Crippen molar-refractivity contribution >= 4 is 17.2 Å². The molecule has 0 radical (unpaired) electrons. The lowest BCUT2D eigenvalue weighted by Gasteiger charge is -2.18. The Bertz CT molecular complexity index is 752. The highest BCUT2D eigenvalue weighted by Crippen LogP contribution is 2.23. The van der Waals surface area contributed by atoms with E-state index in [2.05, 4.69) is 42.6 Å². The molecule has 2 amide bonds. The van der Waals surface area contributed by atoms with Crippen LogP contribution in [0.3, 0.4) is 0 Å². The zero-order valence-electron chi connectivity index (χ0n) is 16.4. The summed E-state index contributed by atoms with van der Waals surface area (Å²) in [5.41, 5.74) is 1.94. The number of hydrogen-bond donors (Lipinski definition) is 1. The third-order valence-corrected chi connectivity index (χ3v) is 4.84. The van der Waals surface area contributed by atoms with Gasteiger partial charge in [-0.15, -0.1) is 0 Å². The molecular weight excluding hydrogens is 326 g/mol. The highest BCUT2D eigenvalue weighted by atomic mass is 16.2. The summed E-state index contributed by atoms with van der Waals surface area (Å²) in [6.45, 7) is 12.0. The predicted octanol–water partition coefficient (Wildman–Crippen LogP) is 3.32. The summed E-state index contributed by atoms with van der Waals surface area (Å²) in [5, 5.41) is 3.02. The van der Waals surface area contributed by atoms with Gasteiger partial charge in [-0.05, 0) is 36.3 Å². The molecule has 1 N–H and O–H groups in total. The Balaban J connectivity index is 1.68. The SMILES string of the molecule is CC(C)CNC(=O)N1CC[C@H](Cc2nc3cccnc3n2CC(C)C)C1. The van der Waals surface area contributed by atoms with Gasteiger partial charge in [-0.25, -0.2) is 14.8 Å². The van der Waals surface area contributed by atoms with Crippen LogP contribution in [-0.4, -0.2) is 45.1 Å². The molecule has 0 bridgehead atoms. The first-order valence-corrected chi connectivity index (χ1v) is 9.77. The lowest BCUT2D eigenvalue weighted by Crippen LogP contribution is -2.40. The van der Waals surface area contributed by atoms with E-state index in [1.165, 1.54) is 0 Å². The van der Waals surface area contributed by atoms with Gasteiger partial charge in [-0.3, -0.25) is 0 Å². The van der Waals surface area contributed by atoms with Crippen LogP contribution in [0.2, 0.25) is 0 Å². The molecule has 0 saturated carbocycles. The number of pyridine rings is 1. The van der Waals surface area contributed by atoms with Crippen LogP contribution in [0.25, 0.3) is 11.2 Å². The van der Waals surface area contributed by atoms with Gasteiger partial charge in [0.2, 0.25) is 0 Å². The number of imidazole rings is 1. The van der Waals surface area contributed by atoms with Crippen LogP contribution in [-0.2, 0) is 13.0 Å². The van der Waals surface area contributed by atoms with Crippen LogP contribution < -0.4 is 5.32 Å². The molecule has 2 aromatic rings. The van der Waals surface area contributed by atoms with Crippen LogP contribution in [0.15, 0.2) is 18.3 Å². The number of amides is 2. The third-order valence-electron chi connectivity index (χ3n) is 4.84. The second kappa shape index (κ2) is 8.06. The Morgan fingerprint density at radius 1 is 1.31 bits per heavy atom. The van der Waals surface area contributed by atoms with Crippen molar-refractivity contribution in [1.29, 1.82) is 0 Å². The quantitative estimate of drug-likeness (QED) is 0.863. The van der Waals surface area contributed by atoms with Gasteiger partial charge >= 0.3 is 6.03 Å². The van der Waals surface area contributed by atoms with Gasteiger partial charge in [0.25, 0.3) is 0 Å². The van der Waals surface area contributed by atoms with Crippen molar-refractivity contribution in [3.63, 3.8) is 0 Å². The molecule has 0 aliphatic carbocycles. The maximum absolute atomic E-state index is 12.3.